The zero-order valence-corrected chi connectivity index (χ0v) is 13.9. The van der Waals surface area contributed by atoms with Crippen molar-refractivity contribution in [3.8, 4) is 0 Å². The van der Waals surface area contributed by atoms with Crippen LogP contribution in [0.1, 0.15) is 6.92 Å². The molecule has 0 atom stereocenters. The monoisotopic (exact) mass is 366 g/mol. The van der Waals surface area contributed by atoms with E-state index in [0.29, 0.717) is 5.57 Å². The number of rotatable bonds is 7. The van der Waals surface area contributed by atoms with Crippen molar-refractivity contribution < 1.29 is 22.0 Å². The summed E-state index contributed by atoms with van der Waals surface area (Å²) in [5, 5.41) is 0. The molecule has 0 saturated carbocycles. The zero-order valence-electron chi connectivity index (χ0n) is 13.1. The van der Waals surface area contributed by atoms with Crippen molar-refractivity contribution in [3.63, 3.8) is 0 Å². The second-order valence-corrected chi connectivity index (χ2v) is 5.49. The molecule has 0 aliphatic rings. The standard InChI is InChI=1S/C14H15F5N4S/c1-5-7(2)14(20-6-23(3)4)21-22-24-13-11(18)9(16)8(15)10(17)12(13)19/h5-6,21-22H,1H2,2-4H3/b14-7-,20-6?. The third kappa shape index (κ3) is 4.71. The van der Waals surface area contributed by atoms with E-state index in [2.05, 4.69) is 21.8 Å². The summed E-state index contributed by atoms with van der Waals surface area (Å²) >= 11 is 0.187. The molecule has 4 nitrogen and oxygen atoms in total. The van der Waals surface area contributed by atoms with Crippen molar-refractivity contribution in [1.29, 1.82) is 0 Å². The lowest BCUT2D eigenvalue weighted by Crippen LogP contribution is -2.26. The van der Waals surface area contributed by atoms with Gasteiger partial charge < -0.3 is 4.90 Å². The van der Waals surface area contributed by atoms with Crippen LogP contribution in [0.25, 0.3) is 0 Å². The normalized spacial score (nSPS) is 12.3. The Balaban J connectivity index is 2.96. The molecule has 24 heavy (non-hydrogen) atoms. The van der Waals surface area contributed by atoms with Gasteiger partial charge in [-0.2, -0.15) is 4.83 Å². The lowest BCUT2D eigenvalue weighted by atomic mass is 10.3. The van der Waals surface area contributed by atoms with Crippen molar-refractivity contribution >= 4 is 18.3 Å². The molecule has 0 aliphatic carbocycles. The third-order valence-electron chi connectivity index (χ3n) is 2.59. The quantitative estimate of drug-likeness (QED) is 0.113. The van der Waals surface area contributed by atoms with Crippen LogP contribution in [0.3, 0.4) is 0 Å². The molecule has 10 heteroatoms. The number of aliphatic imine (C=N–C) groups is 1. The first-order chi connectivity index (χ1) is 11.2. The van der Waals surface area contributed by atoms with Crippen molar-refractivity contribution in [3.05, 3.63) is 53.1 Å². The van der Waals surface area contributed by atoms with Gasteiger partial charge in [-0.25, -0.2) is 26.9 Å². The van der Waals surface area contributed by atoms with E-state index in [-0.39, 0.29) is 17.8 Å². The molecule has 2 N–H and O–H groups in total. The minimum atomic E-state index is -2.21. The maximum Gasteiger partial charge on any atom is 0.200 e. The molecule has 0 heterocycles. The fourth-order valence-electron chi connectivity index (χ4n) is 1.30. The van der Waals surface area contributed by atoms with E-state index >= 15 is 0 Å². The number of hydrogen-bond acceptors (Lipinski definition) is 4. The SMILES string of the molecule is C=C/C(C)=C(/N=CN(C)C)NNSc1c(F)c(F)c(F)c(F)c1F. The topological polar surface area (TPSA) is 39.7 Å². The molecule has 0 bridgehead atoms. The summed E-state index contributed by atoms with van der Waals surface area (Å²) in [4.78, 5) is 6.91. The van der Waals surface area contributed by atoms with Crippen LogP contribution in [0.2, 0.25) is 0 Å². The molecule has 0 fully saturated rings. The predicted molar refractivity (Wildman–Crippen MR) is 83.4 cm³/mol. The van der Waals surface area contributed by atoms with Gasteiger partial charge in [0.15, 0.2) is 23.3 Å². The molecule has 0 spiro atoms. The van der Waals surface area contributed by atoms with Gasteiger partial charge in [-0.1, -0.05) is 12.7 Å². The number of hydrazine groups is 1. The van der Waals surface area contributed by atoms with Gasteiger partial charge in [0.05, 0.1) is 6.34 Å². The van der Waals surface area contributed by atoms with Gasteiger partial charge in [-0.05, 0) is 24.4 Å². The van der Waals surface area contributed by atoms with Crippen molar-refractivity contribution in [2.75, 3.05) is 14.1 Å². The minimum Gasteiger partial charge on any atom is -0.369 e. The van der Waals surface area contributed by atoms with E-state index in [1.807, 2.05) is 0 Å². The van der Waals surface area contributed by atoms with Crippen LogP contribution in [0.4, 0.5) is 22.0 Å². The highest BCUT2D eigenvalue weighted by molar-refractivity contribution is 7.97. The minimum absolute atomic E-state index is 0.187. The van der Waals surface area contributed by atoms with Gasteiger partial charge in [0.1, 0.15) is 10.7 Å². The van der Waals surface area contributed by atoms with Crippen molar-refractivity contribution in [2.24, 2.45) is 4.99 Å². The van der Waals surface area contributed by atoms with Crippen LogP contribution in [0.5, 0.6) is 0 Å². The second-order valence-electron chi connectivity index (χ2n) is 4.67. The Labute approximate surface area is 140 Å². The van der Waals surface area contributed by atoms with E-state index in [4.69, 9.17) is 0 Å². The summed E-state index contributed by atoms with van der Waals surface area (Å²) in [5.41, 5.74) is 3.09. The Hall–Kier alpha value is -2.07. The molecule has 0 amide bonds. The Morgan fingerprint density at radius 2 is 1.54 bits per heavy atom. The number of allylic oxidation sites excluding steroid dienone is 2. The fourth-order valence-corrected chi connectivity index (χ4v) is 1.91. The average molecular weight is 366 g/mol. The first-order valence-corrected chi connectivity index (χ1v) is 7.25. The van der Waals surface area contributed by atoms with Gasteiger partial charge >= 0.3 is 0 Å². The summed E-state index contributed by atoms with van der Waals surface area (Å²) in [5.74, 6) is -9.83. The number of benzene rings is 1. The van der Waals surface area contributed by atoms with Crippen LogP contribution < -0.4 is 10.3 Å². The maximum atomic E-state index is 13.5. The third-order valence-corrected chi connectivity index (χ3v) is 3.36. The summed E-state index contributed by atoms with van der Waals surface area (Å²) in [6.45, 7) is 5.21. The van der Waals surface area contributed by atoms with Crippen molar-refractivity contribution in [2.45, 2.75) is 11.8 Å². The average Bonchev–Trinajstić information content (AvgIpc) is 2.56. The molecule has 0 saturated heterocycles. The maximum absolute atomic E-state index is 13.5. The first-order valence-electron chi connectivity index (χ1n) is 6.43. The molecule has 132 valence electrons. The second kappa shape index (κ2) is 8.69. The van der Waals surface area contributed by atoms with Gasteiger partial charge in [0, 0.05) is 14.1 Å². The van der Waals surface area contributed by atoms with Crippen LogP contribution in [-0.2, 0) is 0 Å². The molecule has 0 radical (unpaired) electrons. The molecule has 1 aromatic rings. The number of hydrogen-bond donors (Lipinski definition) is 2. The van der Waals surface area contributed by atoms with E-state index < -0.39 is 34.0 Å². The van der Waals surface area contributed by atoms with Gasteiger partial charge in [0.2, 0.25) is 5.82 Å². The Bertz CT molecular complexity index is 659. The van der Waals surface area contributed by atoms with Gasteiger partial charge in [-0.3, -0.25) is 5.43 Å². The molecular formula is C14H15F5N4S. The zero-order chi connectivity index (χ0) is 18.4. The van der Waals surface area contributed by atoms with Crippen LogP contribution in [-0.4, -0.2) is 25.3 Å². The van der Waals surface area contributed by atoms with Crippen LogP contribution >= 0.6 is 11.9 Å². The molecule has 0 aromatic heterocycles. The lowest BCUT2D eigenvalue weighted by molar-refractivity contribution is 0.360. The van der Waals surface area contributed by atoms with Crippen LogP contribution in [0.15, 0.2) is 33.9 Å². The molecule has 1 rings (SSSR count). The predicted octanol–water partition coefficient (Wildman–Crippen LogP) is 3.49. The molecular weight excluding hydrogens is 351 g/mol. The van der Waals surface area contributed by atoms with E-state index in [9.17, 15) is 22.0 Å². The number of nitrogens with zero attached hydrogens (tertiary/aromatic N) is 2. The highest BCUT2D eigenvalue weighted by atomic mass is 32.2. The van der Waals surface area contributed by atoms with E-state index in [0.717, 1.165) is 0 Å². The highest BCUT2D eigenvalue weighted by Gasteiger charge is 2.26. The summed E-state index contributed by atoms with van der Waals surface area (Å²) in [6, 6.07) is 0. The first kappa shape index (κ1) is 20.0. The fraction of sp³-hybridized carbons (Fsp3) is 0.214. The summed E-state index contributed by atoms with van der Waals surface area (Å²) in [6.07, 6.45) is 2.92. The van der Waals surface area contributed by atoms with Gasteiger partial charge in [-0.15, -0.1) is 0 Å². The smallest absolute Gasteiger partial charge is 0.200 e. The number of nitrogens with one attached hydrogen (secondary N) is 2. The van der Waals surface area contributed by atoms with Crippen molar-refractivity contribution in [1.82, 2.24) is 15.2 Å². The van der Waals surface area contributed by atoms with E-state index in [1.54, 1.807) is 25.9 Å². The Kier molecular flexibility index (Phi) is 7.23. The lowest BCUT2D eigenvalue weighted by Gasteiger charge is -2.12. The highest BCUT2D eigenvalue weighted by Crippen LogP contribution is 2.29. The number of halogens is 5. The molecule has 0 aliphatic heterocycles. The Morgan fingerprint density at radius 3 is 2.00 bits per heavy atom. The van der Waals surface area contributed by atoms with E-state index in [1.165, 1.54) is 12.4 Å². The largest absolute Gasteiger partial charge is 0.369 e. The molecule has 1 aromatic carbocycles. The van der Waals surface area contributed by atoms with Gasteiger partial charge in [0.25, 0.3) is 0 Å². The van der Waals surface area contributed by atoms with Crippen LogP contribution in [0, 0.1) is 29.1 Å². The summed E-state index contributed by atoms with van der Waals surface area (Å²) in [7, 11) is 3.45. The Morgan fingerprint density at radius 1 is 1.04 bits per heavy atom. The summed E-state index contributed by atoms with van der Waals surface area (Å²) < 4.78 is 66.2. The molecule has 0 unspecified atom stereocenters.